The Labute approximate surface area is 139 Å². The number of carbonyl (C=O) groups is 1. The zero-order valence-corrected chi connectivity index (χ0v) is 13.6. The molecule has 0 aliphatic heterocycles. The van der Waals surface area contributed by atoms with Crippen molar-refractivity contribution in [1.29, 1.82) is 0 Å². The van der Waals surface area contributed by atoms with Gasteiger partial charge >= 0.3 is 0 Å². The minimum atomic E-state index is -0.436. The summed E-state index contributed by atoms with van der Waals surface area (Å²) < 4.78 is 0. The molecule has 0 fully saturated rings. The predicted octanol–water partition coefficient (Wildman–Crippen LogP) is 3.45. The maximum absolute atomic E-state index is 11.9. The molecular weight excluding hydrogens is 312 g/mol. The van der Waals surface area contributed by atoms with E-state index in [1.54, 1.807) is 18.2 Å². The van der Waals surface area contributed by atoms with Crippen LogP contribution in [0.2, 0.25) is 0 Å². The lowest BCUT2D eigenvalue weighted by Gasteiger charge is -2.07. The fraction of sp³-hybridized carbons (Fsp3) is 0.235. The van der Waals surface area contributed by atoms with Gasteiger partial charge in [-0.3, -0.25) is 14.9 Å². The normalized spacial score (nSPS) is 10.3. The van der Waals surface area contributed by atoms with E-state index in [0.717, 1.165) is 5.75 Å². The highest BCUT2D eigenvalue weighted by atomic mass is 32.2. The summed E-state index contributed by atoms with van der Waals surface area (Å²) in [5.74, 6) is 0.974. The number of nitro benzene ring substituents is 1. The monoisotopic (exact) mass is 330 g/mol. The zero-order chi connectivity index (χ0) is 16.7. The number of nitrogens with zero attached hydrogens (tertiary/aromatic N) is 1. The minimum absolute atomic E-state index is 0.0281. The average Bonchev–Trinajstić information content (AvgIpc) is 2.55. The maximum Gasteiger partial charge on any atom is 0.274 e. The van der Waals surface area contributed by atoms with Gasteiger partial charge in [0.05, 0.1) is 10.7 Å². The van der Waals surface area contributed by atoms with Gasteiger partial charge in [-0.05, 0) is 18.1 Å². The fourth-order valence-corrected chi connectivity index (χ4v) is 3.04. The summed E-state index contributed by atoms with van der Waals surface area (Å²) in [7, 11) is 0. The number of thioether (sulfide) groups is 1. The molecule has 2 rings (SSSR count). The number of rotatable bonds is 7. The summed E-state index contributed by atoms with van der Waals surface area (Å²) in [6.07, 6.45) is 0. The molecule has 0 heterocycles. The topological polar surface area (TPSA) is 72.2 Å². The summed E-state index contributed by atoms with van der Waals surface area (Å²) in [5.41, 5.74) is 2.96. The number of carbonyl (C=O) groups excluding carboxylic acids is 1. The minimum Gasteiger partial charge on any atom is -0.351 e. The van der Waals surface area contributed by atoms with Crippen molar-refractivity contribution in [2.45, 2.75) is 19.2 Å². The van der Waals surface area contributed by atoms with Crippen LogP contribution in [0.15, 0.2) is 48.5 Å². The lowest BCUT2D eigenvalue weighted by Crippen LogP contribution is -2.25. The van der Waals surface area contributed by atoms with Crippen molar-refractivity contribution in [1.82, 2.24) is 5.32 Å². The highest BCUT2D eigenvalue weighted by Gasteiger charge is 2.12. The number of amides is 1. The van der Waals surface area contributed by atoms with Crippen molar-refractivity contribution in [2.75, 3.05) is 5.75 Å². The van der Waals surface area contributed by atoms with Crippen molar-refractivity contribution >= 4 is 23.4 Å². The van der Waals surface area contributed by atoms with Crippen LogP contribution < -0.4 is 5.32 Å². The fourth-order valence-electron chi connectivity index (χ4n) is 2.11. The molecule has 0 unspecified atom stereocenters. The molecule has 0 saturated carbocycles. The molecule has 0 radical (unpaired) electrons. The molecular formula is C17H18N2O3S. The van der Waals surface area contributed by atoms with Crippen molar-refractivity contribution in [3.63, 3.8) is 0 Å². The second-order valence-electron chi connectivity index (χ2n) is 5.08. The van der Waals surface area contributed by atoms with Crippen molar-refractivity contribution < 1.29 is 9.72 Å². The second-order valence-corrected chi connectivity index (χ2v) is 6.07. The zero-order valence-electron chi connectivity index (χ0n) is 12.8. The molecule has 120 valence electrons. The molecule has 23 heavy (non-hydrogen) atoms. The maximum atomic E-state index is 11.9. The first-order valence-electron chi connectivity index (χ1n) is 7.19. The molecule has 0 aromatic heterocycles. The Hall–Kier alpha value is -2.34. The van der Waals surface area contributed by atoms with Gasteiger partial charge in [-0.1, -0.05) is 42.5 Å². The quantitative estimate of drug-likeness (QED) is 0.623. The van der Waals surface area contributed by atoms with Gasteiger partial charge in [0.1, 0.15) is 0 Å². The van der Waals surface area contributed by atoms with Crippen LogP contribution in [-0.4, -0.2) is 16.6 Å². The van der Waals surface area contributed by atoms with Gasteiger partial charge in [0.15, 0.2) is 0 Å². The Morgan fingerprint density at radius 2 is 1.78 bits per heavy atom. The summed E-state index contributed by atoms with van der Waals surface area (Å²) in [4.78, 5) is 22.4. The smallest absolute Gasteiger partial charge is 0.274 e. The SMILES string of the molecule is Cc1ccccc1CSCC(=O)NCc1ccccc1[N+](=O)[O-]. The van der Waals surface area contributed by atoms with E-state index >= 15 is 0 Å². The highest BCUT2D eigenvalue weighted by molar-refractivity contribution is 7.99. The Balaban J connectivity index is 1.80. The predicted molar refractivity (Wildman–Crippen MR) is 92.3 cm³/mol. The van der Waals surface area contributed by atoms with Crippen molar-refractivity contribution in [3.8, 4) is 0 Å². The molecule has 1 amide bonds. The van der Waals surface area contributed by atoms with Gasteiger partial charge in [0, 0.05) is 23.9 Å². The first-order chi connectivity index (χ1) is 11.1. The third-order valence-electron chi connectivity index (χ3n) is 3.42. The summed E-state index contributed by atoms with van der Waals surface area (Å²) in [6, 6.07) is 14.5. The van der Waals surface area contributed by atoms with E-state index in [0.29, 0.717) is 11.3 Å². The van der Waals surface area contributed by atoms with E-state index in [9.17, 15) is 14.9 Å². The number of hydrogen-bond acceptors (Lipinski definition) is 4. The number of hydrogen-bond donors (Lipinski definition) is 1. The van der Waals surface area contributed by atoms with Crippen LogP contribution in [0, 0.1) is 17.0 Å². The van der Waals surface area contributed by atoms with Crippen LogP contribution >= 0.6 is 11.8 Å². The standard InChI is InChI=1S/C17H18N2O3S/c1-13-6-2-3-8-15(13)11-23-12-17(20)18-10-14-7-4-5-9-16(14)19(21)22/h2-9H,10-12H2,1H3,(H,18,20). The van der Waals surface area contributed by atoms with Crippen molar-refractivity contribution in [2.24, 2.45) is 0 Å². The molecule has 0 bridgehead atoms. The van der Waals surface area contributed by atoms with E-state index in [1.807, 2.05) is 31.2 Å². The Morgan fingerprint density at radius 3 is 2.48 bits per heavy atom. The van der Waals surface area contributed by atoms with Crippen LogP contribution in [0.3, 0.4) is 0 Å². The number of benzene rings is 2. The second kappa shape index (κ2) is 8.33. The molecule has 0 saturated heterocycles. The van der Waals surface area contributed by atoms with Gasteiger partial charge in [0.2, 0.25) is 5.91 Å². The molecule has 2 aromatic carbocycles. The van der Waals surface area contributed by atoms with Crippen LogP contribution in [0.5, 0.6) is 0 Å². The molecule has 0 aliphatic rings. The summed E-state index contributed by atoms with van der Waals surface area (Å²) in [5, 5.41) is 13.6. The molecule has 2 aromatic rings. The Kier molecular flexibility index (Phi) is 6.17. The summed E-state index contributed by atoms with van der Waals surface area (Å²) >= 11 is 1.53. The molecule has 5 nitrogen and oxygen atoms in total. The van der Waals surface area contributed by atoms with E-state index in [-0.39, 0.29) is 18.1 Å². The lowest BCUT2D eigenvalue weighted by molar-refractivity contribution is -0.385. The molecule has 0 aliphatic carbocycles. The Bertz CT molecular complexity index is 704. The molecule has 0 atom stereocenters. The third-order valence-corrected chi connectivity index (χ3v) is 4.40. The van der Waals surface area contributed by atoms with Crippen LogP contribution in [-0.2, 0) is 17.1 Å². The van der Waals surface area contributed by atoms with E-state index < -0.39 is 4.92 Å². The van der Waals surface area contributed by atoms with Crippen LogP contribution in [0.25, 0.3) is 0 Å². The highest BCUT2D eigenvalue weighted by Crippen LogP contribution is 2.18. The van der Waals surface area contributed by atoms with Gasteiger partial charge in [-0.2, -0.15) is 0 Å². The number of nitrogens with one attached hydrogen (secondary N) is 1. The van der Waals surface area contributed by atoms with Crippen LogP contribution in [0.4, 0.5) is 5.69 Å². The number of aryl methyl sites for hydroxylation is 1. The van der Waals surface area contributed by atoms with Crippen LogP contribution in [0.1, 0.15) is 16.7 Å². The largest absolute Gasteiger partial charge is 0.351 e. The number of nitro groups is 1. The van der Waals surface area contributed by atoms with Gasteiger partial charge in [0.25, 0.3) is 5.69 Å². The molecule has 0 spiro atoms. The van der Waals surface area contributed by atoms with Gasteiger partial charge in [-0.15, -0.1) is 11.8 Å². The third kappa shape index (κ3) is 5.10. The van der Waals surface area contributed by atoms with E-state index in [2.05, 4.69) is 5.32 Å². The van der Waals surface area contributed by atoms with Gasteiger partial charge < -0.3 is 5.32 Å². The van der Waals surface area contributed by atoms with Gasteiger partial charge in [-0.25, -0.2) is 0 Å². The van der Waals surface area contributed by atoms with Crippen molar-refractivity contribution in [3.05, 3.63) is 75.3 Å². The first kappa shape index (κ1) is 17.0. The van der Waals surface area contributed by atoms with E-state index in [1.165, 1.54) is 29.0 Å². The summed E-state index contributed by atoms with van der Waals surface area (Å²) in [6.45, 7) is 2.21. The number of para-hydroxylation sites is 1. The molecule has 1 N–H and O–H groups in total. The average molecular weight is 330 g/mol. The first-order valence-corrected chi connectivity index (χ1v) is 8.34. The lowest BCUT2D eigenvalue weighted by atomic mass is 10.1. The molecule has 6 heteroatoms. The Morgan fingerprint density at radius 1 is 1.13 bits per heavy atom. The van der Waals surface area contributed by atoms with E-state index in [4.69, 9.17) is 0 Å².